The van der Waals surface area contributed by atoms with Crippen molar-refractivity contribution in [3.63, 3.8) is 0 Å². The predicted molar refractivity (Wildman–Crippen MR) is 143 cm³/mol. The first-order chi connectivity index (χ1) is 18.7. The third kappa shape index (κ3) is 4.18. The topological polar surface area (TPSA) is 111 Å². The molecule has 1 aliphatic heterocycles. The van der Waals surface area contributed by atoms with Gasteiger partial charge in [0.25, 0.3) is 0 Å². The molecule has 190 valence electrons. The van der Waals surface area contributed by atoms with Crippen molar-refractivity contribution in [1.82, 2.24) is 40.2 Å². The van der Waals surface area contributed by atoms with Crippen LogP contribution in [0, 0.1) is 5.82 Å². The number of benzene rings is 2. The van der Waals surface area contributed by atoms with Crippen LogP contribution in [0.5, 0.6) is 5.75 Å². The van der Waals surface area contributed by atoms with Crippen molar-refractivity contribution in [3.8, 4) is 39.7 Å². The summed E-state index contributed by atoms with van der Waals surface area (Å²) in [6.45, 7) is 3.55. The summed E-state index contributed by atoms with van der Waals surface area (Å²) >= 11 is 0. The van der Waals surface area contributed by atoms with E-state index in [1.165, 1.54) is 25.0 Å². The maximum Gasteiger partial charge on any atom is 0.159 e. The normalized spacial score (nSPS) is 14.1. The molecule has 7 rings (SSSR count). The molecule has 1 aliphatic rings. The van der Waals surface area contributed by atoms with Crippen molar-refractivity contribution in [2.75, 3.05) is 26.2 Å². The molecule has 3 N–H and O–H groups in total. The van der Waals surface area contributed by atoms with Gasteiger partial charge in [-0.3, -0.25) is 20.1 Å². The lowest BCUT2D eigenvalue weighted by atomic mass is 10.1. The van der Waals surface area contributed by atoms with Gasteiger partial charge in [-0.15, -0.1) is 0 Å². The molecule has 5 heterocycles. The van der Waals surface area contributed by atoms with E-state index in [0.29, 0.717) is 40.6 Å². The molecule has 1 saturated heterocycles. The summed E-state index contributed by atoms with van der Waals surface area (Å²) < 4.78 is 20.6. The molecule has 1 fully saturated rings. The van der Waals surface area contributed by atoms with Crippen LogP contribution in [0.4, 0.5) is 4.39 Å². The first kappa shape index (κ1) is 22.6. The van der Waals surface area contributed by atoms with Crippen molar-refractivity contribution in [1.29, 1.82) is 0 Å². The first-order valence-electron chi connectivity index (χ1n) is 12.7. The standard InChI is InChI=1S/C28H25FN8O/c29-20-11-18(12-21(14-20)38-10-9-37-7-1-2-8-37)25-27-24(5-6-30-25)33-28(34-27)26-22-13-17(19-15-31-32-16-19)3-4-23(22)35-36-26/h3-6,11-16H,1-2,7-10H2,(H,31,32)(H,33,34)(H,35,36). The molecule has 0 spiro atoms. The quantitative estimate of drug-likeness (QED) is 0.274. The minimum absolute atomic E-state index is 0.377. The lowest BCUT2D eigenvalue weighted by Crippen LogP contribution is -2.25. The summed E-state index contributed by atoms with van der Waals surface area (Å²) in [5.41, 5.74) is 6.20. The van der Waals surface area contributed by atoms with E-state index in [1.807, 2.05) is 30.5 Å². The number of hydrogen-bond donors (Lipinski definition) is 3. The van der Waals surface area contributed by atoms with Crippen LogP contribution in [-0.2, 0) is 0 Å². The summed E-state index contributed by atoms with van der Waals surface area (Å²) in [6, 6.07) is 12.6. The molecule has 6 aromatic rings. The second kappa shape index (κ2) is 9.38. The van der Waals surface area contributed by atoms with E-state index in [-0.39, 0.29) is 5.82 Å². The molecule has 0 aliphatic carbocycles. The molecule has 0 amide bonds. The lowest BCUT2D eigenvalue weighted by Gasteiger charge is -2.15. The molecule has 10 heteroatoms. The maximum absolute atomic E-state index is 14.6. The highest BCUT2D eigenvalue weighted by atomic mass is 19.1. The summed E-state index contributed by atoms with van der Waals surface area (Å²) in [5, 5.41) is 15.4. The average Bonchev–Trinajstić information content (AvgIpc) is 3.73. The van der Waals surface area contributed by atoms with Gasteiger partial charge in [0.15, 0.2) is 5.82 Å². The fraction of sp³-hybridized carbons (Fsp3) is 0.214. The number of ether oxygens (including phenoxy) is 1. The Morgan fingerprint density at radius 3 is 2.74 bits per heavy atom. The molecule has 0 radical (unpaired) electrons. The monoisotopic (exact) mass is 508 g/mol. The number of rotatable bonds is 7. The van der Waals surface area contributed by atoms with Gasteiger partial charge in [0, 0.05) is 41.5 Å². The summed E-state index contributed by atoms with van der Waals surface area (Å²) in [4.78, 5) is 15.1. The highest BCUT2D eigenvalue weighted by Crippen LogP contribution is 2.33. The van der Waals surface area contributed by atoms with Crippen LogP contribution in [0.15, 0.2) is 61.1 Å². The van der Waals surface area contributed by atoms with Crippen LogP contribution < -0.4 is 4.74 Å². The highest BCUT2D eigenvalue weighted by molar-refractivity contribution is 5.97. The predicted octanol–water partition coefficient (Wildman–Crippen LogP) is 5.17. The summed E-state index contributed by atoms with van der Waals surface area (Å²) in [6.07, 6.45) is 7.78. The van der Waals surface area contributed by atoms with Gasteiger partial charge in [-0.2, -0.15) is 10.2 Å². The number of imidazole rings is 1. The van der Waals surface area contributed by atoms with Crippen LogP contribution in [0.25, 0.3) is 55.8 Å². The molecule has 0 bridgehead atoms. The van der Waals surface area contributed by atoms with Crippen molar-refractivity contribution in [2.24, 2.45) is 0 Å². The smallest absolute Gasteiger partial charge is 0.159 e. The van der Waals surface area contributed by atoms with Gasteiger partial charge in [0.1, 0.15) is 29.4 Å². The Bertz CT molecular complexity index is 1730. The molecular formula is C28H25FN8O. The van der Waals surface area contributed by atoms with E-state index in [4.69, 9.17) is 9.72 Å². The zero-order chi connectivity index (χ0) is 25.5. The number of nitrogens with zero attached hydrogens (tertiary/aromatic N) is 5. The molecule has 2 aromatic carbocycles. The second-order valence-electron chi connectivity index (χ2n) is 9.53. The molecule has 38 heavy (non-hydrogen) atoms. The van der Waals surface area contributed by atoms with Gasteiger partial charge in [0.05, 0.1) is 22.9 Å². The van der Waals surface area contributed by atoms with Gasteiger partial charge in [0.2, 0.25) is 0 Å². The van der Waals surface area contributed by atoms with Gasteiger partial charge in [-0.1, -0.05) is 6.07 Å². The lowest BCUT2D eigenvalue weighted by molar-refractivity contribution is 0.237. The molecule has 0 saturated carbocycles. The zero-order valence-corrected chi connectivity index (χ0v) is 20.5. The Morgan fingerprint density at radius 1 is 0.947 bits per heavy atom. The number of likely N-dealkylation sites (tertiary alicyclic amines) is 1. The van der Waals surface area contributed by atoms with Crippen LogP contribution in [0.2, 0.25) is 0 Å². The van der Waals surface area contributed by atoms with Crippen LogP contribution >= 0.6 is 0 Å². The average molecular weight is 509 g/mol. The highest BCUT2D eigenvalue weighted by Gasteiger charge is 2.18. The van der Waals surface area contributed by atoms with Crippen LogP contribution in [0.3, 0.4) is 0 Å². The molecule has 4 aromatic heterocycles. The fourth-order valence-corrected chi connectivity index (χ4v) is 5.12. The second-order valence-corrected chi connectivity index (χ2v) is 9.53. The minimum atomic E-state index is -0.377. The molecule has 9 nitrogen and oxygen atoms in total. The number of aromatic amines is 3. The minimum Gasteiger partial charge on any atom is -0.492 e. The maximum atomic E-state index is 14.6. The Balaban J connectivity index is 1.23. The van der Waals surface area contributed by atoms with Crippen molar-refractivity contribution >= 4 is 21.9 Å². The first-order valence-corrected chi connectivity index (χ1v) is 12.7. The van der Waals surface area contributed by atoms with Crippen molar-refractivity contribution in [3.05, 3.63) is 66.9 Å². The number of nitrogens with one attached hydrogen (secondary N) is 3. The number of halogens is 1. The van der Waals surface area contributed by atoms with Gasteiger partial charge in [-0.25, -0.2) is 9.37 Å². The SMILES string of the molecule is Fc1cc(OCCN2CCCC2)cc(-c2nccc3[nH]c(-c4n[nH]c5ccc(-c6cn[nH]c6)cc45)nc23)c1. The number of H-pyrrole nitrogens is 3. The number of aromatic nitrogens is 7. The largest absolute Gasteiger partial charge is 0.492 e. The summed E-state index contributed by atoms with van der Waals surface area (Å²) in [7, 11) is 0. The Morgan fingerprint density at radius 2 is 1.87 bits per heavy atom. The van der Waals surface area contributed by atoms with E-state index < -0.39 is 0 Å². The third-order valence-corrected chi connectivity index (χ3v) is 7.04. The van der Waals surface area contributed by atoms with E-state index in [0.717, 1.165) is 47.2 Å². The van der Waals surface area contributed by atoms with Crippen molar-refractivity contribution < 1.29 is 9.13 Å². The Hall–Kier alpha value is -4.57. The van der Waals surface area contributed by atoms with E-state index in [2.05, 4.69) is 41.3 Å². The molecule has 0 unspecified atom stereocenters. The van der Waals surface area contributed by atoms with Crippen LogP contribution in [0.1, 0.15) is 12.8 Å². The summed E-state index contributed by atoms with van der Waals surface area (Å²) in [5.74, 6) is 0.709. The molecular weight excluding hydrogens is 483 g/mol. The third-order valence-electron chi connectivity index (χ3n) is 7.04. The van der Waals surface area contributed by atoms with Gasteiger partial charge in [-0.05, 0) is 61.8 Å². The van der Waals surface area contributed by atoms with Gasteiger partial charge < -0.3 is 9.72 Å². The van der Waals surface area contributed by atoms with E-state index in [9.17, 15) is 4.39 Å². The number of hydrogen-bond acceptors (Lipinski definition) is 6. The Labute approximate surface area is 217 Å². The Kier molecular flexibility index (Phi) is 5.58. The number of pyridine rings is 1. The van der Waals surface area contributed by atoms with Crippen LogP contribution in [-0.4, -0.2) is 66.5 Å². The zero-order valence-electron chi connectivity index (χ0n) is 20.5. The van der Waals surface area contributed by atoms with Crippen molar-refractivity contribution in [2.45, 2.75) is 12.8 Å². The van der Waals surface area contributed by atoms with E-state index in [1.54, 1.807) is 12.4 Å². The van der Waals surface area contributed by atoms with E-state index >= 15 is 0 Å². The number of fused-ring (bicyclic) bond motifs is 2. The fourth-order valence-electron chi connectivity index (χ4n) is 5.12. The molecule has 0 atom stereocenters. The van der Waals surface area contributed by atoms with Gasteiger partial charge >= 0.3 is 0 Å².